The molecule has 0 heterocycles. The fourth-order valence-electron chi connectivity index (χ4n) is 6.65. The molecule has 0 radical (unpaired) electrons. The Morgan fingerprint density at radius 3 is 2.02 bits per heavy atom. The number of carbonyl (C=O) groups is 3. The molecular formula is C49H69IO8Si. The van der Waals surface area contributed by atoms with Crippen molar-refractivity contribution in [3.63, 3.8) is 0 Å². The van der Waals surface area contributed by atoms with Gasteiger partial charge in [-0.3, -0.25) is 4.79 Å². The minimum atomic E-state index is -2.74. The van der Waals surface area contributed by atoms with Gasteiger partial charge in [0.25, 0.3) is 8.32 Å². The summed E-state index contributed by atoms with van der Waals surface area (Å²) >= 11 is 2.27. The normalized spacial score (nSPS) is 15.4. The number of aldehydes is 1. The lowest BCUT2D eigenvalue weighted by Crippen LogP contribution is -2.67. The van der Waals surface area contributed by atoms with E-state index >= 15 is 0 Å². The molecule has 0 aliphatic rings. The van der Waals surface area contributed by atoms with E-state index in [1.807, 2.05) is 76.0 Å². The van der Waals surface area contributed by atoms with Crippen LogP contribution in [0.2, 0.25) is 5.04 Å². The van der Waals surface area contributed by atoms with E-state index in [9.17, 15) is 14.4 Å². The van der Waals surface area contributed by atoms with Crippen LogP contribution in [0, 0.1) is 11.3 Å². The molecule has 8 nitrogen and oxygen atoms in total. The standard InChI is InChI=1S/C49H69IO8Si/c1-38(23-15-11-17-25-42(35-51)56-37-54-10)34-45(40(3)33-39(2)36-55-47(53)48(4,5)6)57-46(52)30-22-12-16-24-41(31-32-50)58-59(49(7,8)9,43-26-18-13-19-27-43)44-28-20-14-21-29-44/h11,13-15,18-23,26-33,35,40-42,45H,12,16-17,24-25,34,36-37H2,1-10H3/b15-11+,30-22+,32-31-,38-23-,39-33+/t40-,41+,42+,45-/m1/s1. The zero-order valence-corrected chi connectivity index (χ0v) is 40.2. The molecule has 4 atom stereocenters. The van der Waals surface area contributed by atoms with Gasteiger partial charge in [-0.2, -0.15) is 0 Å². The van der Waals surface area contributed by atoms with Crippen molar-refractivity contribution in [2.24, 2.45) is 11.3 Å². The molecule has 0 spiro atoms. The first kappa shape index (κ1) is 51.7. The number of allylic oxidation sites excluding steroid dienone is 4. The number of esters is 2. The third-order valence-electron chi connectivity index (χ3n) is 9.80. The topological polar surface area (TPSA) is 97.4 Å². The molecule has 0 amide bonds. The van der Waals surface area contributed by atoms with Crippen molar-refractivity contribution in [3.8, 4) is 0 Å². The predicted octanol–water partition coefficient (Wildman–Crippen LogP) is 10.6. The van der Waals surface area contributed by atoms with Gasteiger partial charge < -0.3 is 28.2 Å². The summed E-state index contributed by atoms with van der Waals surface area (Å²) in [6.07, 6.45) is 17.2. The molecule has 0 saturated carbocycles. The average Bonchev–Trinajstić information content (AvgIpc) is 3.19. The Morgan fingerprint density at radius 1 is 0.847 bits per heavy atom. The molecule has 0 aliphatic heterocycles. The molecule has 324 valence electrons. The Bertz CT molecular complexity index is 1660. The summed E-state index contributed by atoms with van der Waals surface area (Å²) in [4.78, 5) is 37.0. The lowest BCUT2D eigenvalue weighted by atomic mass is 9.95. The van der Waals surface area contributed by atoms with Crippen LogP contribution in [0.15, 0.2) is 118 Å². The molecule has 2 aromatic carbocycles. The third kappa shape index (κ3) is 18.4. The zero-order chi connectivity index (χ0) is 43.9. The van der Waals surface area contributed by atoms with Gasteiger partial charge in [0, 0.05) is 25.5 Å². The van der Waals surface area contributed by atoms with Gasteiger partial charge in [-0.15, -0.1) is 0 Å². The molecule has 2 rings (SSSR count). The Morgan fingerprint density at radius 2 is 1.47 bits per heavy atom. The molecule has 10 heteroatoms. The van der Waals surface area contributed by atoms with E-state index < -0.39 is 31.9 Å². The maximum Gasteiger partial charge on any atom is 0.330 e. The van der Waals surface area contributed by atoms with E-state index in [4.69, 9.17) is 23.4 Å². The minimum absolute atomic E-state index is 0.0716. The molecular weight excluding hydrogens is 872 g/mol. The molecule has 0 N–H and O–H groups in total. The average molecular weight is 941 g/mol. The van der Waals surface area contributed by atoms with Crippen LogP contribution in [0.25, 0.3) is 0 Å². The lowest BCUT2D eigenvalue weighted by Gasteiger charge is -2.44. The van der Waals surface area contributed by atoms with Gasteiger partial charge >= 0.3 is 11.9 Å². The van der Waals surface area contributed by atoms with Crippen LogP contribution < -0.4 is 10.4 Å². The summed E-state index contributed by atoms with van der Waals surface area (Å²) in [5, 5.41) is 2.34. The number of halogens is 1. The van der Waals surface area contributed by atoms with Crippen LogP contribution in [0.3, 0.4) is 0 Å². The number of ether oxygens (including phenoxy) is 4. The third-order valence-corrected chi connectivity index (χ3v) is 15.3. The number of unbranched alkanes of at least 4 members (excludes halogenated alkanes) is 1. The summed E-state index contributed by atoms with van der Waals surface area (Å²) in [6, 6.07) is 21.3. The van der Waals surface area contributed by atoms with Crippen molar-refractivity contribution in [3.05, 3.63) is 118 Å². The van der Waals surface area contributed by atoms with Crippen LogP contribution >= 0.6 is 22.6 Å². The van der Waals surface area contributed by atoms with Crippen LogP contribution in [0.1, 0.15) is 101 Å². The van der Waals surface area contributed by atoms with Crippen molar-refractivity contribution < 1.29 is 37.8 Å². The van der Waals surface area contributed by atoms with Gasteiger partial charge in [0.1, 0.15) is 31.9 Å². The minimum Gasteiger partial charge on any atom is -0.461 e. The second kappa shape index (κ2) is 26.7. The zero-order valence-electron chi connectivity index (χ0n) is 37.1. The number of methoxy groups -OCH3 is 1. The highest BCUT2D eigenvalue weighted by molar-refractivity contribution is 14.1. The molecule has 0 fully saturated rings. The number of hydrogen-bond acceptors (Lipinski definition) is 8. The smallest absolute Gasteiger partial charge is 0.330 e. The summed E-state index contributed by atoms with van der Waals surface area (Å²) in [5.41, 5.74) is 1.31. The fraction of sp³-hybridized carbons (Fsp3) is 0.490. The number of rotatable bonds is 25. The van der Waals surface area contributed by atoms with Gasteiger partial charge in [-0.25, -0.2) is 4.79 Å². The fourth-order valence-corrected chi connectivity index (χ4v) is 11.8. The van der Waals surface area contributed by atoms with Gasteiger partial charge in [-0.1, -0.05) is 153 Å². The molecule has 0 saturated heterocycles. The van der Waals surface area contributed by atoms with E-state index in [0.717, 1.165) is 30.3 Å². The van der Waals surface area contributed by atoms with Crippen LogP contribution in [-0.4, -0.2) is 65.4 Å². The van der Waals surface area contributed by atoms with Crippen LogP contribution in [0.5, 0.6) is 0 Å². The quantitative estimate of drug-likeness (QED) is 0.0112. The molecule has 0 aliphatic carbocycles. The van der Waals surface area contributed by atoms with Crippen LogP contribution in [-0.2, 0) is 37.8 Å². The molecule has 2 aromatic rings. The van der Waals surface area contributed by atoms with Gasteiger partial charge in [0.05, 0.1) is 11.5 Å². The number of hydrogen-bond donors (Lipinski definition) is 0. The van der Waals surface area contributed by atoms with Crippen molar-refractivity contribution in [1.29, 1.82) is 0 Å². The molecule has 59 heavy (non-hydrogen) atoms. The van der Waals surface area contributed by atoms with Crippen molar-refractivity contribution in [2.75, 3.05) is 20.5 Å². The summed E-state index contributed by atoms with van der Waals surface area (Å²) < 4.78 is 31.3. The Labute approximate surface area is 369 Å². The maximum atomic E-state index is 13.3. The Hall–Kier alpha value is -3.42. The predicted molar refractivity (Wildman–Crippen MR) is 251 cm³/mol. The highest BCUT2D eigenvalue weighted by Crippen LogP contribution is 2.38. The van der Waals surface area contributed by atoms with Crippen molar-refractivity contribution in [1.82, 2.24) is 0 Å². The maximum absolute atomic E-state index is 13.3. The van der Waals surface area contributed by atoms with Gasteiger partial charge in [-0.05, 0) is 91.8 Å². The summed E-state index contributed by atoms with van der Waals surface area (Å²) in [5.74, 6) is -0.829. The monoisotopic (exact) mass is 940 g/mol. The van der Waals surface area contributed by atoms with E-state index in [1.165, 1.54) is 23.6 Å². The van der Waals surface area contributed by atoms with E-state index in [2.05, 4.69) is 110 Å². The van der Waals surface area contributed by atoms with E-state index in [0.29, 0.717) is 25.7 Å². The lowest BCUT2D eigenvalue weighted by molar-refractivity contribution is -0.151. The Kier molecular flexibility index (Phi) is 23.4. The van der Waals surface area contributed by atoms with Gasteiger partial charge in [0.15, 0.2) is 0 Å². The SMILES string of the molecule is COCO[C@H](C=O)CC/C=C/C=C(/C)C[C@@H](OC(=O)/C=C/CCC[C@@H](/C=C\I)O[Si](c1ccccc1)(c1ccccc1)C(C)(C)C)[C@H](C)/C=C(\C)COC(=O)C(C)(C)C. The molecule has 0 bridgehead atoms. The molecule has 0 aromatic heterocycles. The van der Waals surface area contributed by atoms with E-state index in [-0.39, 0.29) is 36.4 Å². The first-order valence-electron chi connectivity index (χ1n) is 20.6. The van der Waals surface area contributed by atoms with Crippen LogP contribution in [0.4, 0.5) is 0 Å². The largest absolute Gasteiger partial charge is 0.461 e. The number of carbonyl (C=O) groups excluding carboxylic acids is 3. The highest BCUT2D eigenvalue weighted by Gasteiger charge is 2.51. The molecule has 0 unspecified atom stereocenters. The summed E-state index contributed by atoms with van der Waals surface area (Å²) in [6.45, 7) is 18.5. The number of benzene rings is 2. The summed E-state index contributed by atoms with van der Waals surface area (Å²) in [7, 11) is -1.22. The van der Waals surface area contributed by atoms with Crippen molar-refractivity contribution in [2.45, 2.75) is 124 Å². The second-order valence-corrected chi connectivity index (χ2v) is 22.1. The first-order valence-corrected chi connectivity index (χ1v) is 23.8. The van der Waals surface area contributed by atoms with E-state index in [1.54, 1.807) is 0 Å². The van der Waals surface area contributed by atoms with Gasteiger partial charge in [0.2, 0.25) is 0 Å². The van der Waals surface area contributed by atoms with Crippen molar-refractivity contribution >= 4 is 59.5 Å². The second-order valence-electron chi connectivity index (χ2n) is 17.1. The first-order chi connectivity index (χ1) is 28.0. The Balaban J connectivity index is 2.18. The highest BCUT2D eigenvalue weighted by atomic mass is 127.